The van der Waals surface area contributed by atoms with Crippen molar-refractivity contribution in [3.05, 3.63) is 58.1 Å². The second-order valence-corrected chi connectivity index (χ2v) is 6.08. The Labute approximate surface area is 144 Å². The summed E-state index contributed by atoms with van der Waals surface area (Å²) >= 11 is 3.38. The first-order valence-corrected chi connectivity index (χ1v) is 8.02. The minimum atomic E-state index is -0.174. The van der Waals surface area contributed by atoms with Crippen LogP contribution in [0.5, 0.6) is 5.75 Å². The summed E-state index contributed by atoms with van der Waals surface area (Å²) in [5, 5.41) is 2.83. The van der Waals surface area contributed by atoms with Gasteiger partial charge in [0.2, 0.25) is 5.91 Å². The van der Waals surface area contributed by atoms with Crippen molar-refractivity contribution in [1.29, 1.82) is 0 Å². The van der Waals surface area contributed by atoms with Gasteiger partial charge in [-0.05, 0) is 42.8 Å². The first-order valence-electron chi connectivity index (χ1n) is 7.23. The van der Waals surface area contributed by atoms with Crippen molar-refractivity contribution < 1.29 is 14.3 Å². The second kappa shape index (κ2) is 7.92. The van der Waals surface area contributed by atoms with Gasteiger partial charge < -0.3 is 10.1 Å². The zero-order valence-corrected chi connectivity index (χ0v) is 14.6. The molecule has 1 amide bonds. The van der Waals surface area contributed by atoms with Gasteiger partial charge in [0.25, 0.3) is 0 Å². The lowest BCUT2D eigenvalue weighted by Crippen LogP contribution is -2.14. The first-order chi connectivity index (χ1) is 11.0. The van der Waals surface area contributed by atoms with Crippen LogP contribution >= 0.6 is 15.9 Å². The highest BCUT2D eigenvalue weighted by Crippen LogP contribution is 2.20. The molecular formula is C18H18BrNO3. The molecule has 0 saturated carbocycles. The van der Waals surface area contributed by atoms with Crippen molar-refractivity contribution in [1.82, 2.24) is 0 Å². The lowest BCUT2D eigenvalue weighted by Gasteiger charge is -2.09. The van der Waals surface area contributed by atoms with Crippen LogP contribution < -0.4 is 10.1 Å². The van der Waals surface area contributed by atoms with E-state index in [9.17, 15) is 9.59 Å². The van der Waals surface area contributed by atoms with Gasteiger partial charge in [0, 0.05) is 28.6 Å². The number of hydrogen-bond donors (Lipinski definition) is 1. The number of rotatable bonds is 6. The quantitative estimate of drug-likeness (QED) is 0.762. The number of Topliss-reactive ketones (excluding diaryl/α,β-unsaturated/α-hetero) is 1. The second-order valence-electron chi connectivity index (χ2n) is 5.16. The fourth-order valence-corrected chi connectivity index (χ4v) is 2.62. The normalized spacial score (nSPS) is 10.2. The van der Waals surface area contributed by atoms with Gasteiger partial charge in [-0.3, -0.25) is 9.59 Å². The summed E-state index contributed by atoms with van der Waals surface area (Å²) < 4.78 is 6.06. The van der Waals surface area contributed by atoms with Gasteiger partial charge in [-0.2, -0.15) is 0 Å². The summed E-state index contributed by atoms with van der Waals surface area (Å²) in [6.07, 6.45) is 0.306. The molecule has 0 aliphatic rings. The van der Waals surface area contributed by atoms with Crippen molar-refractivity contribution in [2.45, 2.75) is 19.8 Å². The molecule has 0 unspecified atom stereocenters. The molecule has 5 heteroatoms. The van der Waals surface area contributed by atoms with Crippen LogP contribution in [0.2, 0.25) is 0 Å². The van der Waals surface area contributed by atoms with Crippen molar-refractivity contribution in [3.8, 4) is 5.75 Å². The molecule has 1 N–H and O–H groups in total. The number of carbonyl (C=O) groups is 2. The molecule has 23 heavy (non-hydrogen) atoms. The molecule has 0 atom stereocenters. The summed E-state index contributed by atoms with van der Waals surface area (Å²) in [5.41, 5.74) is 2.27. The van der Waals surface area contributed by atoms with E-state index in [1.165, 1.54) is 0 Å². The lowest BCUT2D eigenvalue weighted by atomic mass is 10.1. The number of amides is 1. The zero-order chi connectivity index (χ0) is 16.8. The molecule has 2 aromatic rings. The van der Waals surface area contributed by atoms with Gasteiger partial charge in [0.15, 0.2) is 5.78 Å². The molecule has 0 fully saturated rings. The van der Waals surface area contributed by atoms with Gasteiger partial charge in [0.1, 0.15) is 5.75 Å². The van der Waals surface area contributed by atoms with E-state index in [-0.39, 0.29) is 24.5 Å². The topological polar surface area (TPSA) is 55.4 Å². The molecule has 0 saturated heterocycles. The molecule has 2 rings (SSSR count). The number of halogens is 1. The number of hydrogen-bond acceptors (Lipinski definition) is 3. The Balaban J connectivity index is 1.92. The number of ketones is 1. The van der Waals surface area contributed by atoms with Crippen LogP contribution in [-0.2, 0) is 4.79 Å². The molecule has 0 aromatic heterocycles. The van der Waals surface area contributed by atoms with Crippen LogP contribution in [0.4, 0.5) is 5.69 Å². The fourth-order valence-electron chi connectivity index (χ4n) is 2.15. The minimum Gasteiger partial charge on any atom is -0.497 e. The number of nitrogens with one attached hydrogen (secondary N) is 1. The SMILES string of the molecule is COc1cccc(C(=O)CCC(=O)Nc2ccc(Br)cc2C)c1. The van der Waals surface area contributed by atoms with Crippen LogP contribution in [0.15, 0.2) is 46.9 Å². The number of carbonyl (C=O) groups excluding carboxylic acids is 2. The third kappa shape index (κ3) is 4.93. The van der Waals surface area contributed by atoms with Crippen LogP contribution in [-0.4, -0.2) is 18.8 Å². The monoisotopic (exact) mass is 375 g/mol. The molecule has 0 aliphatic carbocycles. The van der Waals surface area contributed by atoms with Gasteiger partial charge in [-0.25, -0.2) is 0 Å². The van der Waals surface area contributed by atoms with E-state index in [0.717, 1.165) is 15.7 Å². The molecule has 2 aromatic carbocycles. The number of methoxy groups -OCH3 is 1. The Hall–Kier alpha value is -2.14. The molecule has 0 bridgehead atoms. The Morgan fingerprint density at radius 3 is 2.61 bits per heavy atom. The van der Waals surface area contributed by atoms with E-state index in [1.54, 1.807) is 31.4 Å². The van der Waals surface area contributed by atoms with Gasteiger partial charge in [0.05, 0.1) is 7.11 Å². The van der Waals surface area contributed by atoms with Crippen molar-refractivity contribution in [3.63, 3.8) is 0 Å². The average Bonchev–Trinajstić information content (AvgIpc) is 2.55. The van der Waals surface area contributed by atoms with Gasteiger partial charge in [-0.15, -0.1) is 0 Å². The minimum absolute atomic E-state index is 0.0772. The molecule has 0 aliphatic heterocycles. The Morgan fingerprint density at radius 1 is 1.13 bits per heavy atom. The summed E-state index contributed by atoms with van der Waals surface area (Å²) in [5.74, 6) is 0.379. The Kier molecular flexibility index (Phi) is 5.93. The molecule has 0 heterocycles. The zero-order valence-electron chi connectivity index (χ0n) is 13.1. The molecule has 0 spiro atoms. The maximum Gasteiger partial charge on any atom is 0.224 e. The highest BCUT2D eigenvalue weighted by Gasteiger charge is 2.11. The van der Waals surface area contributed by atoms with Crippen molar-refractivity contribution in [2.24, 2.45) is 0 Å². The van der Waals surface area contributed by atoms with Crippen molar-refractivity contribution in [2.75, 3.05) is 12.4 Å². The predicted molar refractivity (Wildman–Crippen MR) is 94.1 cm³/mol. The number of ether oxygens (including phenoxy) is 1. The third-order valence-corrected chi connectivity index (χ3v) is 3.93. The van der Waals surface area contributed by atoms with E-state index in [4.69, 9.17) is 4.74 Å². The fraction of sp³-hybridized carbons (Fsp3) is 0.222. The van der Waals surface area contributed by atoms with Gasteiger partial charge >= 0.3 is 0 Å². The summed E-state index contributed by atoms with van der Waals surface area (Å²) in [7, 11) is 1.55. The largest absolute Gasteiger partial charge is 0.497 e. The van der Waals surface area contributed by atoms with E-state index in [1.807, 2.05) is 25.1 Å². The Bertz CT molecular complexity index is 728. The number of benzene rings is 2. The summed E-state index contributed by atoms with van der Waals surface area (Å²) in [4.78, 5) is 24.1. The predicted octanol–water partition coefficient (Wildman–Crippen LogP) is 4.37. The van der Waals surface area contributed by atoms with Crippen LogP contribution in [0.1, 0.15) is 28.8 Å². The molecular weight excluding hydrogens is 358 g/mol. The van der Waals surface area contributed by atoms with Crippen LogP contribution in [0.3, 0.4) is 0 Å². The van der Waals surface area contributed by atoms with Crippen molar-refractivity contribution >= 4 is 33.3 Å². The van der Waals surface area contributed by atoms with E-state index >= 15 is 0 Å². The van der Waals surface area contributed by atoms with E-state index in [2.05, 4.69) is 21.2 Å². The first kappa shape index (κ1) is 17.2. The smallest absolute Gasteiger partial charge is 0.224 e. The highest BCUT2D eigenvalue weighted by atomic mass is 79.9. The number of aryl methyl sites for hydroxylation is 1. The highest BCUT2D eigenvalue weighted by molar-refractivity contribution is 9.10. The summed E-state index contributed by atoms with van der Waals surface area (Å²) in [6.45, 7) is 1.92. The third-order valence-electron chi connectivity index (χ3n) is 3.43. The van der Waals surface area contributed by atoms with Crippen LogP contribution in [0.25, 0.3) is 0 Å². The molecule has 120 valence electrons. The molecule has 4 nitrogen and oxygen atoms in total. The summed E-state index contributed by atoms with van der Waals surface area (Å²) in [6, 6.07) is 12.6. The van der Waals surface area contributed by atoms with E-state index in [0.29, 0.717) is 11.3 Å². The molecule has 0 radical (unpaired) electrons. The van der Waals surface area contributed by atoms with Gasteiger partial charge in [-0.1, -0.05) is 28.1 Å². The maximum atomic E-state index is 12.1. The Morgan fingerprint density at radius 2 is 1.91 bits per heavy atom. The maximum absolute atomic E-state index is 12.1. The number of anilines is 1. The van der Waals surface area contributed by atoms with E-state index < -0.39 is 0 Å². The average molecular weight is 376 g/mol. The standard InChI is InChI=1S/C18H18BrNO3/c1-12-10-14(19)6-7-16(12)20-18(22)9-8-17(21)13-4-3-5-15(11-13)23-2/h3-7,10-11H,8-9H2,1-2H3,(H,20,22). The lowest BCUT2D eigenvalue weighted by molar-refractivity contribution is -0.116. The van der Waals surface area contributed by atoms with Crippen LogP contribution in [0, 0.1) is 6.92 Å².